The molecular weight excluding hydrogens is 240 g/mol. The van der Waals surface area contributed by atoms with Crippen LogP contribution in [0.25, 0.3) is 0 Å². The summed E-state index contributed by atoms with van der Waals surface area (Å²) in [6, 6.07) is 0. The van der Waals surface area contributed by atoms with E-state index in [4.69, 9.17) is 0 Å². The second-order valence-electron chi connectivity index (χ2n) is 5.23. The van der Waals surface area contributed by atoms with Crippen molar-refractivity contribution < 1.29 is 5.11 Å². The van der Waals surface area contributed by atoms with Crippen molar-refractivity contribution in [3.63, 3.8) is 0 Å². The average molecular weight is 268 g/mol. The molecule has 0 aliphatic rings. The molecule has 0 aromatic carbocycles. The highest BCUT2D eigenvalue weighted by Crippen LogP contribution is 2.13. The zero-order valence-electron chi connectivity index (χ0n) is 12.7. The smallest absolute Gasteiger partial charge is 0.150 e. The van der Waals surface area contributed by atoms with Gasteiger partial charge in [-0.3, -0.25) is 0 Å². The van der Waals surface area contributed by atoms with Crippen LogP contribution in [0.1, 0.15) is 52.2 Å². The minimum absolute atomic E-state index is 0.166. The number of aromatic nitrogens is 3. The first-order valence-corrected chi connectivity index (χ1v) is 7.37. The SMILES string of the molecule is CCNC(C)(CO)CCCn1nc(CC)nc1CC. The average Bonchev–Trinajstić information content (AvgIpc) is 2.81. The van der Waals surface area contributed by atoms with E-state index in [1.807, 2.05) is 4.68 Å². The lowest BCUT2D eigenvalue weighted by Crippen LogP contribution is -2.45. The van der Waals surface area contributed by atoms with Gasteiger partial charge in [0.15, 0.2) is 5.82 Å². The van der Waals surface area contributed by atoms with Crippen LogP contribution in [0, 0.1) is 0 Å². The monoisotopic (exact) mass is 268 g/mol. The van der Waals surface area contributed by atoms with E-state index < -0.39 is 0 Å². The Kier molecular flexibility index (Phi) is 6.45. The molecule has 5 nitrogen and oxygen atoms in total. The maximum Gasteiger partial charge on any atom is 0.150 e. The van der Waals surface area contributed by atoms with Crippen LogP contribution < -0.4 is 5.32 Å². The van der Waals surface area contributed by atoms with Crippen LogP contribution in [-0.4, -0.2) is 38.6 Å². The minimum Gasteiger partial charge on any atom is -0.394 e. The molecule has 0 saturated carbocycles. The van der Waals surface area contributed by atoms with E-state index in [1.165, 1.54) is 0 Å². The van der Waals surface area contributed by atoms with E-state index in [0.29, 0.717) is 0 Å². The summed E-state index contributed by atoms with van der Waals surface area (Å²) in [5, 5.41) is 17.3. The summed E-state index contributed by atoms with van der Waals surface area (Å²) < 4.78 is 2.02. The maximum atomic E-state index is 9.46. The van der Waals surface area contributed by atoms with Crippen LogP contribution in [0.15, 0.2) is 0 Å². The second-order valence-corrected chi connectivity index (χ2v) is 5.23. The van der Waals surface area contributed by atoms with Crippen molar-refractivity contribution in [2.75, 3.05) is 13.2 Å². The Morgan fingerprint density at radius 3 is 2.53 bits per heavy atom. The Balaban J connectivity index is 2.54. The first kappa shape index (κ1) is 16.1. The summed E-state index contributed by atoms with van der Waals surface area (Å²) in [5.41, 5.74) is -0.185. The number of rotatable bonds is 9. The van der Waals surface area contributed by atoms with E-state index in [2.05, 4.69) is 43.1 Å². The summed E-state index contributed by atoms with van der Waals surface area (Å²) in [6.07, 6.45) is 3.72. The Bertz CT molecular complexity index is 378. The summed E-state index contributed by atoms with van der Waals surface area (Å²) in [7, 11) is 0. The molecule has 5 heteroatoms. The third-order valence-corrected chi connectivity index (χ3v) is 3.48. The van der Waals surface area contributed by atoms with Crippen LogP contribution in [0.4, 0.5) is 0 Å². The van der Waals surface area contributed by atoms with Gasteiger partial charge in [0, 0.05) is 24.9 Å². The molecule has 0 spiro atoms. The van der Waals surface area contributed by atoms with Crippen molar-refractivity contribution in [3.8, 4) is 0 Å². The van der Waals surface area contributed by atoms with E-state index in [-0.39, 0.29) is 12.1 Å². The molecule has 0 bridgehead atoms. The van der Waals surface area contributed by atoms with Crippen molar-refractivity contribution in [3.05, 3.63) is 11.6 Å². The van der Waals surface area contributed by atoms with Gasteiger partial charge in [-0.05, 0) is 26.3 Å². The molecular formula is C14H28N4O. The van der Waals surface area contributed by atoms with Crippen molar-refractivity contribution >= 4 is 0 Å². The molecule has 1 heterocycles. The predicted molar refractivity (Wildman–Crippen MR) is 77.2 cm³/mol. The minimum atomic E-state index is -0.185. The van der Waals surface area contributed by atoms with Gasteiger partial charge >= 0.3 is 0 Å². The molecule has 110 valence electrons. The van der Waals surface area contributed by atoms with Crippen LogP contribution in [-0.2, 0) is 19.4 Å². The Labute approximate surface area is 116 Å². The van der Waals surface area contributed by atoms with Crippen molar-refractivity contribution in [2.45, 2.75) is 65.5 Å². The Morgan fingerprint density at radius 2 is 2.00 bits per heavy atom. The summed E-state index contributed by atoms with van der Waals surface area (Å²) >= 11 is 0. The van der Waals surface area contributed by atoms with E-state index >= 15 is 0 Å². The lowest BCUT2D eigenvalue weighted by molar-refractivity contribution is 0.163. The topological polar surface area (TPSA) is 63.0 Å². The summed E-state index contributed by atoms with van der Waals surface area (Å²) in [4.78, 5) is 4.51. The largest absolute Gasteiger partial charge is 0.394 e. The molecule has 1 atom stereocenters. The van der Waals surface area contributed by atoms with Gasteiger partial charge in [-0.15, -0.1) is 0 Å². The van der Waals surface area contributed by atoms with Gasteiger partial charge < -0.3 is 10.4 Å². The number of likely N-dealkylation sites (N-methyl/N-ethyl adjacent to an activating group) is 1. The molecule has 1 rings (SSSR count). The number of aliphatic hydroxyl groups is 1. The van der Waals surface area contributed by atoms with Gasteiger partial charge in [-0.1, -0.05) is 20.8 Å². The lowest BCUT2D eigenvalue weighted by atomic mass is 9.97. The molecule has 0 radical (unpaired) electrons. The maximum absolute atomic E-state index is 9.46. The molecule has 1 unspecified atom stereocenters. The molecule has 0 amide bonds. The fourth-order valence-electron chi connectivity index (χ4n) is 2.29. The van der Waals surface area contributed by atoms with Gasteiger partial charge in [-0.2, -0.15) is 5.10 Å². The van der Waals surface area contributed by atoms with Crippen LogP contribution in [0.3, 0.4) is 0 Å². The lowest BCUT2D eigenvalue weighted by Gasteiger charge is -2.28. The van der Waals surface area contributed by atoms with E-state index in [0.717, 1.165) is 50.4 Å². The summed E-state index contributed by atoms with van der Waals surface area (Å²) in [5.74, 6) is 1.99. The third kappa shape index (κ3) is 4.58. The van der Waals surface area contributed by atoms with Gasteiger partial charge in [-0.25, -0.2) is 9.67 Å². The third-order valence-electron chi connectivity index (χ3n) is 3.48. The molecule has 0 fully saturated rings. The fraction of sp³-hybridized carbons (Fsp3) is 0.857. The van der Waals surface area contributed by atoms with Crippen molar-refractivity contribution in [2.24, 2.45) is 0 Å². The molecule has 2 N–H and O–H groups in total. The van der Waals surface area contributed by atoms with Crippen molar-refractivity contribution in [1.82, 2.24) is 20.1 Å². The number of aryl methyl sites for hydroxylation is 3. The fourth-order valence-corrected chi connectivity index (χ4v) is 2.29. The Morgan fingerprint density at radius 1 is 1.26 bits per heavy atom. The number of nitrogens with one attached hydrogen (secondary N) is 1. The van der Waals surface area contributed by atoms with Gasteiger partial charge in [0.25, 0.3) is 0 Å². The zero-order valence-corrected chi connectivity index (χ0v) is 12.7. The zero-order chi connectivity index (χ0) is 14.3. The predicted octanol–water partition coefficient (Wildman–Crippen LogP) is 1.54. The number of hydrogen-bond acceptors (Lipinski definition) is 4. The van der Waals surface area contributed by atoms with Gasteiger partial charge in [0.2, 0.25) is 0 Å². The number of nitrogens with zero attached hydrogens (tertiary/aromatic N) is 3. The standard InChI is InChI=1S/C14H28N4O/c1-5-12-16-13(6-2)18(17-12)10-8-9-14(4,11-19)15-7-3/h15,19H,5-11H2,1-4H3. The van der Waals surface area contributed by atoms with Crippen molar-refractivity contribution in [1.29, 1.82) is 0 Å². The first-order chi connectivity index (χ1) is 9.08. The van der Waals surface area contributed by atoms with Gasteiger partial charge in [0.1, 0.15) is 5.82 Å². The quantitative estimate of drug-likeness (QED) is 0.713. The van der Waals surface area contributed by atoms with Crippen LogP contribution >= 0.6 is 0 Å². The van der Waals surface area contributed by atoms with E-state index in [1.54, 1.807) is 0 Å². The second kappa shape index (κ2) is 7.60. The molecule has 0 aliphatic heterocycles. The normalized spacial score (nSPS) is 14.6. The highest BCUT2D eigenvalue weighted by Gasteiger charge is 2.21. The number of hydrogen-bond donors (Lipinski definition) is 2. The molecule has 1 aromatic rings. The highest BCUT2D eigenvalue weighted by atomic mass is 16.3. The molecule has 0 saturated heterocycles. The van der Waals surface area contributed by atoms with E-state index in [9.17, 15) is 5.11 Å². The molecule has 1 aromatic heterocycles. The highest BCUT2D eigenvalue weighted by molar-refractivity contribution is 4.92. The van der Waals surface area contributed by atoms with Gasteiger partial charge in [0.05, 0.1) is 6.61 Å². The number of aliphatic hydroxyl groups excluding tert-OH is 1. The van der Waals surface area contributed by atoms with Crippen LogP contribution in [0.5, 0.6) is 0 Å². The van der Waals surface area contributed by atoms with Crippen LogP contribution in [0.2, 0.25) is 0 Å². The first-order valence-electron chi connectivity index (χ1n) is 7.37. The summed E-state index contributed by atoms with van der Waals surface area (Å²) in [6.45, 7) is 10.2. The Hall–Kier alpha value is -0.940. The molecule has 0 aliphatic carbocycles. The molecule has 19 heavy (non-hydrogen) atoms.